The van der Waals surface area contributed by atoms with Crippen molar-refractivity contribution in [3.63, 3.8) is 0 Å². The molecule has 1 atom stereocenters. The number of rotatable bonds is 3. The molecule has 6 heteroatoms. The first-order chi connectivity index (χ1) is 13.0. The van der Waals surface area contributed by atoms with Gasteiger partial charge in [0.1, 0.15) is 11.5 Å². The highest BCUT2D eigenvalue weighted by Crippen LogP contribution is 2.35. The van der Waals surface area contributed by atoms with Gasteiger partial charge < -0.3 is 29.7 Å². The average Bonchev–Trinajstić information content (AvgIpc) is 3.06. The molecule has 0 bridgehead atoms. The first-order valence-electron chi connectivity index (χ1n) is 8.87. The van der Waals surface area contributed by atoms with Crippen molar-refractivity contribution in [2.24, 2.45) is 0 Å². The van der Waals surface area contributed by atoms with Gasteiger partial charge in [-0.15, -0.1) is 0 Å². The summed E-state index contributed by atoms with van der Waals surface area (Å²) in [5.41, 5.74) is 5.12. The summed E-state index contributed by atoms with van der Waals surface area (Å²) in [4.78, 5) is 12.5. The minimum atomic E-state index is -1.08. The number of benzene rings is 2. The number of methoxy groups -OCH3 is 2. The standard InChI is InChI=1S/C19H20N2O2.C2H4O2/c1-22-12-7-8-15(17(11-12)23-2)18-19-14(9-10-20-18)13-5-3-4-6-16(13)21-19;1-2(3)4/h3-8,11,18,20-21H,9-10H2,1-2H3;1H3,(H,3,4). The van der Waals surface area contributed by atoms with E-state index in [1.54, 1.807) is 14.2 Å². The molecule has 27 heavy (non-hydrogen) atoms. The van der Waals surface area contributed by atoms with E-state index in [0.717, 1.165) is 31.4 Å². The number of hydrogen-bond donors (Lipinski definition) is 2. The summed E-state index contributed by atoms with van der Waals surface area (Å²) in [6.45, 7) is 2.05. The number of carboxylic acid groups (broad SMARTS) is 1. The van der Waals surface area contributed by atoms with E-state index in [2.05, 4.69) is 40.6 Å². The van der Waals surface area contributed by atoms with E-state index in [-0.39, 0.29) is 6.04 Å². The average molecular weight is 368 g/mol. The number of aliphatic carboxylic acids is 1. The summed E-state index contributed by atoms with van der Waals surface area (Å²) >= 11 is 0. The Balaban J connectivity index is 0.000000481. The third-order valence-electron chi connectivity index (χ3n) is 4.73. The lowest BCUT2D eigenvalue weighted by Crippen LogP contribution is -2.87. The van der Waals surface area contributed by atoms with Gasteiger partial charge in [-0.3, -0.25) is 0 Å². The van der Waals surface area contributed by atoms with Crippen LogP contribution in [0.15, 0.2) is 42.5 Å². The van der Waals surface area contributed by atoms with E-state index >= 15 is 0 Å². The zero-order valence-electron chi connectivity index (χ0n) is 15.7. The number of H-pyrrole nitrogens is 1. The molecule has 0 amide bonds. The first-order valence-corrected chi connectivity index (χ1v) is 8.87. The van der Waals surface area contributed by atoms with Crippen LogP contribution in [-0.4, -0.2) is 31.7 Å². The van der Waals surface area contributed by atoms with Crippen molar-refractivity contribution >= 4 is 16.9 Å². The lowest BCUT2D eigenvalue weighted by atomic mass is 9.93. The number of ether oxygens (including phenoxy) is 2. The third kappa shape index (κ3) is 3.90. The van der Waals surface area contributed by atoms with Crippen LogP contribution in [0.2, 0.25) is 0 Å². The van der Waals surface area contributed by atoms with E-state index in [1.807, 2.05) is 12.1 Å². The number of nitrogens with one attached hydrogen (secondary N) is 1. The van der Waals surface area contributed by atoms with Crippen molar-refractivity contribution in [2.75, 3.05) is 20.8 Å². The van der Waals surface area contributed by atoms with Gasteiger partial charge in [-0.25, -0.2) is 0 Å². The number of quaternary nitrogens is 1. The van der Waals surface area contributed by atoms with Crippen LogP contribution >= 0.6 is 0 Å². The van der Waals surface area contributed by atoms with Crippen molar-refractivity contribution < 1.29 is 24.7 Å². The van der Waals surface area contributed by atoms with E-state index in [1.165, 1.54) is 27.7 Å². The molecule has 0 saturated heterocycles. The van der Waals surface area contributed by atoms with Gasteiger partial charge in [0.25, 0.3) is 0 Å². The second-order valence-corrected chi connectivity index (χ2v) is 6.41. The molecule has 142 valence electrons. The Morgan fingerprint density at radius 3 is 2.63 bits per heavy atom. The van der Waals surface area contributed by atoms with E-state index in [9.17, 15) is 0 Å². The number of nitrogens with two attached hydrogens (primary N) is 1. The van der Waals surface area contributed by atoms with Gasteiger partial charge in [-0.2, -0.15) is 0 Å². The molecular weight excluding hydrogens is 344 g/mol. The number of carboxylic acids is 1. The van der Waals surface area contributed by atoms with Crippen molar-refractivity contribution in [1.82, 2.24) is 4.98 Å². The number of aromatic nitrogens is 1. The SMILES string of the molecule is CC(=O)[O-].COc1ccc(C2[NH2+]CCc3c2[nH]c2ccccc32)c(OC)c1. The molecule has 3 N–H and O–H groups in total. The van der Waals surface area contributed by atoms with Crippen molar-refractivity contribution in [2.45, 2.75) is 19.4 Å². The van der Waals surface area contributed by atoms with Gasteiger partial charge >= 0.3 is 0 Å². The summed E-state index contributed by atoms with van der Waals surface area (Å²) in [5, 5.41) is 12.6. The lowest BCUT2D eigenvalue weighted by Gasteiger charge is -2.23. The highest BCUT2D eigenvalue weighted by molar-refractivity contribution is 5.85. The normalized spacial score (nSPS) is 15.4. The summed E-state index contributed by atoms with van der Waals surface area (Å²) in [6, 6.07) is 14.8. The molecule has 0 aliphatic carbocycles. The number of carbonyl (C=O) groups is 1. The molecular formula is C21H24N2O4. The molecule has 0 spiro atoms. The van der Waals surface area contributed by atoms with Gasteiger partial charge in [-0.05, 0) is 30.7 Å². The maximum atomic E-state index is 8.89. The number of hydrogen-bond acceptors (Lipinski definition) is 4. The summed E-state index contributed by atoms with van der Waals surface area (Å²) in [7, 11) is 3.39. The Hall–Kier alpha value is -2.99. The molecule has 1 aliphatic rings. The van der Waals surface area contributed by atoms with Crippen LogP contribution in [0.25, 0.3) is 10.9 Å². The molecule has 0 fully saturated rings. The Labute approximate surface area is 158 Å². The Kier molecular flexibility index (Phi) is 5.66. The molecule has 0 saturated carbocycles. The second kappa shape index (κ2) is 8.14. The van der Waals surface area contributed by atoms with Crippen LogP contribution in [0.5, 0.6) is 11.5 Å². The predicted octanol–water partition coefficient (Wildman–Crippen LogP) is 1.15. The number of aromatic amines is 1. The summed E-state index contributed by atoms with van der Waals surface area (Å²) < 4.78 is 10.9. The Morgan fingerprint density at radius 1 is 1.19 bits per heavy atom. The number of fused-ring (bicyclic) bond motifs is 3. The first kappa shape index (κ1) is 18.8. The molecule has 6 nitrogen and oxygen atoms in total. The van der Waals surface area contributed by atoms with Gasteiger partial charge in [0.05, 0.1) is 32.0 Å². The van der Waals surface area contributed by atoms with Crippen LogP contribution in [0, 0.1) is 0 Å². The molecule has 2 heterocycles. The van der Waals surface area contributed by atoms with E-state index in [0.29, 0.717) is 0 Å². The Morgan fingerprint density at radius 2 is 1.93 bits per heavy atom. The largest absolute Gasteiger partial charge is 0.550 e. The van der Waals surface area contributed by atoms with Crippen LogP contribution in [0.4, 0.5) is 0 Å². The minimum Gasteiger partial charge on any atom is -0.550 e. The van der Waals surface area contributed by atoms with Crippen LogP contribution in [-0.2, 0) is 11.2 Å². The fourth-order valence-corrected chi connectivity index (χ4v) is 3.63. The predicted molar refractivity (Wildman–Crippen MR) is 101 cm³/mol. The van der Waals surface area contributed by atoms with Crippen molar-refractivity contribution in [3.05, 3.63) is 59.3 Å². The van der Waals surface area contributed by atoms with E-state index < -0.39 is 5.97 Å². The number of para-hydroxylation sites is 1. The van der Waals surface area contributed by atoms with Crippen LogP contribution < -0.4 is 19.9 Å². The van der Waals surface area contributed by atoms with Gasteiger partial charge in [0.2, 0.25) is 0 Å². The van der Waals surface area contributed by atoms with Crippen molar-refractivity contribution in [1.29, 1.82) is 0 Å². The summed E-state index contributed by atoms with van der Waals surface area (Å²) in [5.74, 6) is 0.607. The van der Waals surface area contributed by atoms with Gasteiger partial charge in [0.15, 0.2) is 6.04 Å². The quantitative estimate of drug-likeness (QED) is 0.726. The monoisotopic (exact) mass is 368 g/mol. The minimum absolute atomic E-state index is 0.229. The third-order valence-corrected chi connectivity index (χ3v) is 4.73. The van der Waals surface area contributed by atoms with Gasteiger partial charge in [0, 0.05) is 29.4 Å². The van der Waals surface area contributed by atoms with Crippen LogP contribution in [0.1, 0.15) is 29.8 Å². The topological polar surface area (TPSA) is 91.0 Å². The molecule has 0 radical (unpaired) electrons. The Bertz CT molecular complexity index is 945. The van der Waals surface area contributed by atoms with E-state index in [4.69, 9.17) is 19.4 Å². The number of carbonyl (C=O) groups excluding carboxylic acids is 1. The zero-order valence-corrected chi connectivity index (χ0v) is 15.7. The molecule has 3 aromatic rings. The van der Waals surface area contributed by atoms with Gasteiger partial charge in [-0.1, -0.05) is 18.2 Å². The highest BCUT2D eigenvalue weighted by Gasteiger charge is 2.30. The molecule has 2 aromatic carbocycles. The molecule has 1 aromatic heterocycles. The second-order valence-electron chi connectivity index (χ2n) is 6.41. The van der Waals surface area contributed by atoms with Crippen molar-refractivity contribution in [3.8, 4) is 11.5 Å². The maximum Gasteiger partial charge on any atom is 0.156 e. The summed E-state index contributed by atoms with van der Waals surface area (Å²) in [6.07, 6.45) is 1.09. The van der Waals surface area contributed by atoms with Crippen LogP contribution in [0.3, 0.4) is 0 Å². The molecule has 1 aliphatic heterocycles. The molecule has 1 unspecified atom stereocenters. The smallest absolute Gasteiger partial charge is 0.156 e. The molecule has 4 rings (SSSR count). The zero-order chi connectivity index (χ0) is 19.4. The fourth-order valence-electron chi connectivity index (χ4n) is 3.63. The maximum absolute atomic E-state index is 8.89. The fraction of sp³-hybridized carbons (Fsp3) is 0.286. The highest BCUT2D eigenvalue weighted by atomic mass is 16.5. The lowest BCUT2D eigenvalue weighted by molar-refractivity contribution is -0.690.